The van der Waals surface area contributed by atoms with Gasteiger partial charge in [0.2, 0.25) is 5.95 Å². The van der Waals surface area contributed by atoms with Crippen LogP contribution in [-0.4, -0.2) is 19.1 Å². The van der Waals surface area contributed by atoms with Gasteiger partial charge in [0.15, 0.2) is 0 Å². The van der Waals surface area contributed by atoms with E-state index in [4.69, 9.17) is 9.97 Å². The molecule has 7 aromatic carbocycles. The summed E-state index contributed by atoms with van der Waals surface area (Å²) in [4.78, 5) is 12.4. The number of benzene rings is 7. The van der Waals surface area contributed by atoms with Gasteiger partial charge in [0.05, 0.1) is 33.3 Å². The first-order chi connectivity index (χ1) is 29.3. The molecule has 0 aliphatic heterocycles. The van der Waals surface area contributed by atoms with Crippen molar-refractivity contribution in [2.75, 3.05) is 0 Å². The number of rotatable bonds is 4. The number of hydrogen-bond acceptors (Lipinski definition) is 3. The molecule has 4 aromatic heterocycles. The van der Waals surface area contributed by atoms with Crippen molar-refractivity contribution < 1.29 is 0 Å². The second-order valence-electron chi connectivity index (χ2n) is 15.9. The summed E-state index contributed by atoms with van der Waals surface area (Å²) >= 11 is 1.94. The Balaban J connectivity index is 1.09. The Morgan fingerprint density at radius 3 is 2.07 bits per heavy atom. The Labute approximate surface area is 344 Å². The Kier molecular flexibility index (Phi) is 7.10. The topological polar surface area (TPSA) is 35.6 Å². The van der Waals surface area contributed by atoms with Crippen LogP contribution in [0.4, 0.5) is 0 Å². The second kappa shape index (κ2) is 12.7. The minimum Gasteiger partial charge on any atom is -0.309 e. The molecule has 0 saturated carbocycles. The van der Waals surface area contributed by atoms with E-state index in [2.05, 4.69) is 179 Å². The molecule has 0 N–H and O–H groups in total. The van der Waals surface area contributed by atoms with Crippen LogP contribution in [0, 0.1) is 0 Å². The average molecular weight is 773 g/mol. The van der Waals surface area contributed by atoms with E-state index in [1.54, 1.807) is 0 Å². The lowest BCUT2D eigenvalue weighted by Crippen LogP contribution is -2.28. The number of aromatic nitrogens is 4. The summed E-state index contributed by atoms with van der Waals surface area (Å²) < 4.78 is 6.12. The van der Waals surface area contributed by atoms with Gasteiger partial charge in [-0.25, -0.2) is 9.97 Å². The molecule has 0 atom stereocenters. The number of allylic oxidation sites excluding steroid dienone is 1. The molecule has 4 heterocycles. The fourth-order valence-corrected chi connectivity index (χ4v) is 11.5. The first-order valence-corrected chi connectivity index (χ1v) is 21.4. The highest BCUT2D eigenvalue weighted by atomic mass is 32.1. The van der Waals surface area contributed by atoms with Crippen LogP contribution in [0.25, 0.3) is 106 Å². The van der Waals surface area contributed by atoms with E-state index in [9.17, 15) is 0 Å². The van der Waals surface area contributed by atoms with Gasteiger partial charge in [-0.15, -0.1) is 11.3 Å². The number of nitrogens with zero attached hydrogens (tertiary/aromatic N) is 4. The van der Waals surface area contributed by atoms with Gasteiger partial charge in [-0.05, 0) is 107 Å². The van der Waals surface area contributed by atoms with Crippen molar-refractivity contribution in [1.29, 1.82) is 0 Å². The van der Waals surface area contributed by atoms with Crippen LogP contribution in [-0.2, 0) is 6.42 Å². The maximum absolute atomic E-state index is 5.62. The lowest BCUT2D eigenvalue weighted by Gasteiger charge is -2.15. The van der Waals surface area contributed by atoms with E-state index >= 15 is 0 Å². The highest BCUT2D eigenvalue weighted by molar-refractivity contribution is 7.11. The molecule has 0 amide bonds. The second-order valence-corrected chi connectivity index (χ2v) is 16.9. The third-order valence-corrected chi connectivity index (χ3v) is 14.0. The third kappa shape index (κ3) is 4.83. The summed E-state index contributed by atoms with van der Waals surface area (Å²) in [6.45, 7) is 0. The molecule has 0 bridgehead atoms. The van der Waals surface area contributed by atoms with Crippen LogP contribution in [0.15, 0.2) is 158 Å². The molecule has 5 heteroatoms. The summed E-state index contributed by atoms with van der Waals surface area (Å²) in [6.07, 6.45) is 11.3. The van der Waals surface area contributed by atoms with Crippen molar-refractivity contribution in [3.8, 4) is 22.8 Å². The maximum Gasteiger partial charge on any atom is 0.235 e. The van der Waals surface area contributed by atoms with Crippen molar-refractivity contribution in [1.82, 2.24) is 19.1 Å². The zero-order valence-corrected chi connectivity index (χ0v) is 33.0. The van der Waals surface area contributed by atoms with Gasteiger partial charge < -0.3 is 4.57 Å². The number of para-hydroxylation sites is 4. The molecule has 0 radical (unpaired) electrons. The quantitative estimate of drug-likeness (QED) is 0.179. The molecule has 0 saturated heterocycles. The van der Waals surface area contributed by atoms with E-state index in [-0.39, 0.29) is 0 Å². The first kappa shape index (κ1) is 32.9. The number of thiophene rings is 1. The van der Waals surface area contributed by atoms with Gasteiger partial charge in [0.1, 0.15) is 0 Å². The monoisotopic (exact) mass is 772 g/mol. The Hall–Kier alpha value is -7.08. The van der Waals surface area contributed by atoms with Crippen LogP contribution in [0.2, 0.25) is 0 Å². The number of fused-ring (bicyclic) bond motifs is 12. The molecule has 0 spiro atoms. The summed E-state index contributed by atoms with van der Waals surface area (Å²) in [7, 11) is 0. The van der Waals surface area contributed by atoms with Gasteiger partial charge in [0, 0.05) is 47.4 Å². The predicted molar refractivity (Wildman–Crippen MR) is 248 cm³/mol. The standard InChI is InChI=1S/C54H36N4S/c1-2-15-34(16-3-1)57-47-26-11-8-19-37(47)45-32-44(35-17-4-5-21-40(35)52(45)57)33-29-30-38-36-18-7-12-27-48(36)58(49(38)31-33)54-55-46-25-10-6-22-42(46)51(56-54)43-24-14-23-41-39-20-9-13-28-50(39)59-53(41)43/h1-8,10-13,15-19,21-23,25-32H,9,14,20,24H2. The molecule has 2 aliphatic carbocycles. The zero-order valence-electron chi connectivity index (χ0n) is 32.2. The van der Waals surface area contributed by atoms with Crippen LogP contribution in [0.3, 0.4) is 0 Å². The van der Waals surface area contributed by atoms with E-state index in [0.29, 0.717) is 5.95 Å². The van der Waals surface area contributed by atoms with Crippen molar-refractivity contribution in [2.24, 2.45) is 0 Å². The van der Waals surface area contributed by atoms with Gasteiger partial charge in [0.25, 0.3) is 0 Å². The van der Waals surface area contributed by atoms with E-state index in [0.717, 1.165) is 64.6 Å². The molecule has 59 heavy (non-hydrogen) atoms. The fourth-order valence-electron chi connectivity index (χ4n) is 10.1. The van der Waals surface area contributed by atoms with Crippen LogP contribution >= 0.6 is 11.3 Å². The summed E-state index contributed by atoms with van der Waals surface area (Å²) in [6, 6.07) is 55.1. The zero-order chi connectivity index (χ0) is 38.6. The van der Waals surface area contributed by atoms with E-state index in [1.165, 1.54) is 74.7 Å². The highest BCUT2D eigenvalue weighted by Crippen LogP contribution is 2.43. The third-order valence-electron chi connectivity index (χ3n) is 12.7. The van der Waals surface area contributed by atoms with Crippen LogP contribution in [0.5, 0.6) is 0 Å². The molecule has 0 fully saturated rings. The SMILES string of the molecule is C1=Cc2sc3c(c2CC1)=CCCC=3c1nc(-n2c3ccccc3c3ccc(-c4cc5c6ccccc6n(-c6ccccc6)c5c5ccccc45)cc32)nc2ccccc12. The maximum atomic E-state index is 5.62. The van der Waals surface area contributed by atoms with Crippen molar-refractivity contribution in [2.45, 2.75) is 25.7 Å². The smallest absolute Gasteiger partial charge is 0.235 e. The van der Waals surface area contributed by atoms with Crippen molar-refractivity contribution >= 4 is 94.3 Å². The molecular weight excluding hydrogens is 737 g/mol. The van der Waals surface area contributed by atoms with Gasteiger partial charge in [-0.2, -0.15) is 0 Å². The minimum absolute atomic E-state index is 0.707. The Morgan fingerprint density at radius 2 is 1.22 bits per heavy atom. The van der Waals surface area contributed by atoms with Gasteiger partial charge >= 0.3 is 0 Å². The number of hydrogen-bond donors (Lipinski definition) is 0. The molecule has 0 unspecified atom stereocenters. The highest BCUT2D eigenvalue weighted by Gasteiger charge is 2.23. The summed E-state index contributed by atoms with van der Waals surface area (Å²) in [5.74, 6) is 0.707. The predicted octanol–water partition coefficient (Wildman–Crippen LogP) is 12.4. The normalized spacial score (nSPS) is 13.9. The molecule has 13 rings (SSSR count). The lowest BCUT2D eigenvalue weighted by atomic mass is 9.94. The van der Waals surface area contributed by atoms with Crippen molar-refractivity contribution in [3.63, 3.8) is 0 Å². The lowest BCUT2D eigenvalue weighted by molar-refractivity contribution is 0.970. The Bertz CT molecular complexity index is 3730. The molecule has 2 aliphatic rings. The van der Waals surface area contributed by atoms with Gasteiger partial charge in [-0.3, -0.25) is 4.57 Å². The van der Waals surface area contributed by atoms with E-state index in [1.807, 2.05) is 11.3 Å². The molecular formula is C54H36N4S. The largest absolute Gasteiger partial charge is 0.309 e. The molecule has 11 aromatic rings. The van der Waals surface area contributed by atoms with Crippen molar-refractivity contribution in [3.05, 3.63) is 184 Å². The average Bonchev–Trinajstić information content (AvgIpc) is 3.96. The van der Waals surface area contributed by atoms with Crippen LogP contribution < -0.4 is 9.75 Å². The van der Waals surface area contributed by atoms with E-state index < -0.39 is 0 Å². The Morgan fingerprint density at radius 1 is 0.525 bits per heavy atom. The summed E-state index contributed by atoms with van der Waals surface area (Å²) in [5, 5.41) is 9.86. The summed E-state index contributed by atoms with van der Waals surface area (Å²) in [5.41, 5.74) is 13.0. The first-order valence-electron chi connectivity index (χ1n) is 20.6. The molecule has 4 nitrogen and oxygen atoms in total. The van der Waals surface area contributed by atoms with Crippen LogP contribution in [0.1, 0.15) is 35.4 Å². The molecule has 278 valence electrons. The fraction of sp³-hybridized carbons (Fsp3) is 0.0741. The van der Waals surface area contributed by atoms with Gasteiger partial charge in [-0.1, -0.05) is 121 Å². The minimum atomic E-state index is 0.707.